The summed E-state index contributed by atoms with van der Waals surface area (Å²) in [6, 6.07) is 18.1. The van der Waals surface area contributed by atoms with Crippen molar-refractivity contribution in [2.24, 2.45) is 0 Å². The number of benzene rings is 2. The maximum absolute atomic E-state index is 12.8. The predicted octanol–water partition coefficient (Wildman–Crippen LogP) is 3.46. The molecule has 2 aromatic carbocycles. The van der Waals surface area contributed by atoms with Crippen molar-refractivity contribution < 1.29 is 14.3 Å². The highest BCUT2D eigenvalue weighted by Gasteiger charge is 2.19. The lowest BCUT2D eigenvalue weighted by Crippen LogP contribution is -2.36. The van der Waals surface area contributed by atoms with Crippen molar-refractivity contribution in [1.29, 1.82) is 0 Å². The molecule has 0 aliphatic rings. The zero-order chi connectivity index (χ0) is 21.1. The number of rotatable bonds is 6. The number of esters is 1. The molecule has 0 saturated heterocycles. The monoisotopic (exact) mass is 420 g/mol. The Labute approximate surface area is 176 Å². The van der Waals surface area contributed by atoms with Crippen LogP contribution in [0.2, 0.25) is 0 Å². The Morgan fingerprint density at radius 1 is 1.00 bits per heavy atom. The number of nitrogens with one attached hydrogen (secondary N) is 1. The SMILES string of the molecule is CC(OC(=O)Cn1c2ccccc2c(=O)c2ccccc21)C(=O)NCc1cccs1. The number of nitrogens with zero attached hydrogens (tertiary/aromatic N) is 1. The summed E-state index contributed by atoms with van der Waals surface area (Å²) >= 11 is 1.54. The number of para-hydroxylation sites is 2. The van der Waals surface area contributed by atoms with Gasteiger partial charge in [-0.25, -0.2) is 0 Å². The highest BCUT2D eigenvalue weighted by molar-refractivity contribution is 7.09. The van der Waals surface area contributed by atoms with Crippen molar-refractivity contribution in [1.82, 2.24) is 9.88 Å². The lowest BCUT2D eigenvalue weighted by molar-refractivity contribution is -0.155. The van der Waals surface area contributed by atoms with Gasteiger partial charge in [-0.3, -0.25) is 14.4 Å². The number of fused-ring (bicyclic) bond motifs is 2. The van der Waals surface area contributed by atoms with Gasteiger partial charge in [0.25, 0.3) is 5.91 Å². The molecule has 0 radical (unpaired) electrons. The molecule has 1 amide bonds. The first kappa shape index (κ1) is 19.8. The van der Waals surface area contributed by atoms with Crippen molar-refractivity contribution >= 4 is 45.0 Å². The van der Waals surface area contributed by atoms with Crippen LogP contribution < -0.4 is 10.7 Å². The predicted molar refractivity (Wildman–Crippen MR) is 117 cm³/mol. The largest absolute Gasteiger partial charge is 0.451 e. The van der Waals surface area contributed by atoms with E-state index in [4.69, 9.17) is 4.74 Å². The van der Waals surface area contributed by atoms with E-state index in [0.717, 1.165) is 4.88 Å². The van der Waals surface area contributed by atoms with Crippen molar-refractivity contribution in [2.75, 3.05) is 0 Å². The summed E-state index contributed by atoms with van der Waals surface area (Å²) in [5, 5.41) is 5.77. The van der Waals surface area contributed by atoms with Crippen LogP contribution in [0, 0.1) is 0 Å². The molecule has 1 N–H and O–H groups in total. The van der Waals surface area contributed by atoms with E-state index in [1.807, 2.05) is 29.6 Å². The van der Waals surface area contributed by atoms with Crippen LogP contribution in [0.1, 0.15) is 11.8 Å². The van der Waals surface area contributed by atoms with Gasteiger partial charge in [-0.15, -0.1) is 11.3 Å². The first-order chi connectivity index (χ1) is 14.5. The Morgan fingerprint density at radius 3 is 2.23 bits per heavy atom. The summed E-state index contributed by atoms with van der Waals surface area (Å²) in [4.78, 5) is 38.7. The molecule has 0 aliphatic carbocycles. The fourth-order valence-electron chi connectivity index (χ4n) is 3.40. The third-order valence-corrected chi connectivity index (χ3v) is 5.74. The van der Waals surface area contributed by atoms with Gasteiger partial charge in [0, 0.05) is 15.6 Å². The van der Waals surface area contributed by atoms with E-state index in [1.165, 1.54) is 0 Å². The van der Waals surface area contributed by atoms with E-state index >= 15 is 0 Å². The summed E-state index contributed by atoms with van der Waals surface area (Å²) in [5.74, 6) is -0.904. The molecule has 0 fully saturated rings. The Bertz CT molecular complexity index is 1220. The highest BCUT2D eigenvalue weighted by atomic mass is 32.1. The second-order valence-corrected chi connectivity index (χ2v) is 7.91. The van der Waals surface area contributed by atoms with Crippen LogP contribution in [-0.2, 0) is 27.4 Å². The van der Waals surface area contributed by atoms with Crippen LogP contribution in [0.5, 0.6) is 0 Å². The van der Waals surface area contributed by atoms with E-state index in [-0.39, 0.29) is 17.9 Å². The lowest BCUT2D eigenvalue weighted by atomic mass is 10.1. The molecule has 2 heterocycles. The molecule has 0 spiro atoms. The average Bonchev–Trinajstić information content (AvgIpc) is 3.28. The molecule has 0 aliphatic heterocycles. The van der Waals surface area contributed by atoms with E-state index in [9.17, 15) is 14.4 Å². The number of hydrogen-bond donors (Lipinski definition) is 1. The Morgan fingerprint density at radius 2 is 1.63 bits per heavy atom. The summed E-state index contributed by atoms with van der Waals surface area (Å²) < 4.78 is 7.12. The van der Waals surface area contributed by atoms with Crippen LogP contribution in [0.3, 0.4) is 0 Å². The molecule has 0 bridgehead atoms. The molecule has 30 heavy (non-hydrogen) atoms. The first-order valence-corrected chi connectivity index (χ1v) is 10.4. The Kier molecular flexibility index (Phi) is 5.63. The molecule has 1 unspecified atom stereocenters. The van der Waals surface area contributed by atoms with Gasteiger partial charge in [-0.1, -0.05) is 30.3 Å². The minimum absolute atomic E-state index is 0.0767. The minimum atomic E-state index is -0.922. The summed E-state index contributed by atoms with van der Waals surface area (Å²) in [7, 11) is 0. The molecule has 6 nitrogen and oxygen atoms in total. The van der Waals surface area contributed by atoms with Gasteiger partial charge in [-0.05, 0) is 42.6 Å². The maximum Gasteiger partial charge on any atom is 0.326 e. The van der Waals surface area contributed by atoms with E-state index in [2.05, 4.69) is 5.32 Å². The maximum atomic E-state index is 12.8. The highest BCUT2D eigenvalue weighted by Crippen LogP contribution is 2.19. The average molecular weight is 420 g/mol. The normalized spacial score (nSPS) is 12.0. The second kappa shape index (κ2) is 8.51. The molecular weight excluding hydrogens is 400 g/mol. The van der Waals surface area contributed by atoms with Gasteiger partial charge in [0.15, 0.2) is 11.5 Å². The topological polar surface area (TPSA) is 77.4 Å². The van der Waals surface area contributed by atoms with Crippen LogP contribution in [0.15, 0.2) is 70.8 Å². The number of carbonyl (C=O) groups is 2. The molecule has 1 atom stereocenters. The minimum Gasteiger partial charge on any atom is -0.451 e. The van der Waals surface area contributed by atoms with Crippen molar-refractivity contribution in [3.8, 4) is 0 Å². The van der Waals surface area contributed by atoms with Gasteiger partial charge < -0.3 is 14.6 Å². The smallest absolute Gasteiger partial charge is 0.326 e. The van der Waals surface area contributed by atoms with Gasteiger partial charge >= 0.3 is 5.97 Å². The first-order valence-electron chi connectivity index (χ1n) is 9.54. The third kappa shape index (κ3) is 3.97. The fraction of sp³-hybridized carbons (Fsp3) is 0.174. The zero-order valence-electron chi connectivity index (χ0n) is 16.3. The van der Waals surface area contributed by atoms with E-state index in [0.29, 0.717) is 28.4 Å². The van der Waals surface area contributed by atoms with E-state index < -0.39 is 12.1 Å². The van der Waals surface area contributed by atoms with Crippen LogP contribution >= 0.6 is 11.3 Å². The molecule has 4 aromatic rings. The lowest BCUT2D eigenvalue weighted by Gasteiger charge is -2.17. The number of aromatic nitrogens is 1. The number of amides is 1. The number of thiophene rings is 1. The second-order valence-electron chi connectivity index (χ2n) is 6.88. The molecular formula is C23H20N2O4S. The van der Waals surface area contributed by atoms with Crippen molar-refractivity contribution in [2.45, 2.75) is 26.1 Å². The Hall–Kier alpha value is -3.45. The van der Waals surface area contributed by atoms with Gasteiger partial charge in [0.2, 0.25) is 0 Å². The quantitative estimate of drug-likeness (QED) is 0.383. The van der Waals surface area contributed by atoms with E-state index in [1.54, 1.807) is 59.2 Å². The zero-order valence-corrected chi connectivity index (χ0v) is 17.1. The summed E-state index contributed by atoms with van der Waals surface area (Å²) in [6.07, 6.45) is -0.922. The number of hydrogen-bond acceptors (Lipinski definition) is 5. The molecule has 152 valence electrons. The molecule has 0 saturated carbocycles. The van der Waals surface area contributed by atoms with Crippen molar-refractivity contribution in [3.63, 3.8) is 0 Å². The molecule has 2 aromatic heterocycles. The van der Waals surface area contributed by atoms with Crippen LogP contribution in [0.4, 0.5) is 0 Å². The number of pyridine rings is 1. The molecule has 7 heteroatoms. The summed E-state index contributed by atoms with van der Waals surface area (Å²) in [6.45, 7) is 1.83. The van der Waals surface area contributed by atoms with Crippen LogP contribution in [-0.4, -0.2) is 22.5 Å². The van der Waals surface area contributed by atoms with Crippen LogP contribution in [0.25, 0.3) is 21.8 Å². The fourth-order valence-corrected chi connectivity index (χ4v) is 4.04. The molecule has 4 rings (SSSR count). The third-order valence-electron chi connectivity index (χ3n) is 4.86. The number of ether oxygens (including phenoxy) is 1. The number of carbonyl (C=O) groups excluding carboxylic acids is 2. The van der Waals surface area contributed by atoms with Crippen molar-refractivity contribution in [3.05, 3.63) is 81.1 Å². The van der Waals surface area contributed by atoms with Gasteiger partial charge in [0.05, 0.1) is 17.6 Å². The van der Waals surface area contributed by atoms with Gasteiger partial charge in [0.1, 0.15) is 6.54 Å². The summed E-state index contributed by atoms with van der Waals surface area (Å²) in [5.41, 5.74) is 1.22. The van der Waals surface area contributed by atoms with Gasteiger partial charge in [-0.2, -0.15) is 0 Å². The standard InChI is InChI=1S/C23H20N2O4S/c1-15(23(28)24-13-16-7-6-12-30-16)29-21(26)14-25-19-10-4-2-8-17(19)22(27)18-9-3-5-11-20(18)25/h2-12,15H,13-14H2,1H3,(H,24,28). The Balaban J connectivity index is 1.54.